The largest absolute Gasteiger partial charge is 0.507 e. The molecule has 0 spiro atoms. The number of benzene rings is 2. The van der Waals surface area contributed by atoms with E-state index in [1.807, 2.05) is 0 Å². The summed E-state index contributed by atoms with van der Waals surface area (Å²) in [5.74, 6) is -3.14. The number of rotatable bonds is 6. The number of halogens is 1. The number of hydrogen-bond acceptors (Lipinski definition) is 8. The number of anilines is 1. The lowest BCUT2D eigenvalue weighted by molar-refractivity contribution is -0.132. The number of amides is 1. The lowest BCUT2D eigenvalue weighted by atomic mass is 9.95. The molecule has 4 rings (SSSR count). The van der Waals surface area contributed by atoms with Gasteiger partial charge in [0.05, 0.1) is 31.0 Å². The lowest BCUT2D eigenvalue weighted by Gasteiger charge is -2.23. The van der Waals surface area contributed by atoms with Crippen LogP contribution in [0.1, 0.15) is 45.0 Å². The Bertz CT molecular complexity index is 1410. The van der Waals surface area contributed by atoms with Crippen molar-refractivity contribution in [3.05, 3.63) is 81.1 Å². The number of carbonyl (C=O) groups excluding carboxylic acids is 3. The second kappa shape index (κ2) is 9.90. The van der Waals surface area contributed by atoms with E-state index in [2.05, 4.69) is 4.98 Å². The molecule has 186 valence electrons. The van der Waals surface area contributed by atoms with Gasteiger partial charge in [-0.15, -0.1) is 0 Å². The zero-order valence-electron chi connectivity index (χ0n) is 20.0. The predicted octanol–water partition coefficient (Wildman–Crippen LogP) is 4.71. The van der Waals surface area contributed by atoms with Crippen molar-refractivity contribution >= 4 is 39.9 Å². The molecule has 1 atom stereocenters. The molecular formula is C26H23FN2O6S. The number of esters is 1. The van der Waals surface area contributed by atoms with E-state index in [4.69, 9.17) is 9.47 Å². The van der Waals surface area contributed by atoms with Gasteiger partial charge in [-0.25, -0.2) is 14.2 Å². The SMILES string of the molecule is CCOC(=O)c1sc(N2C(=O)C(=O)C(=C(O)c3ccc(C)c(F)c3)C2c2cccc(OC)c2)nc1C. The molecule has 2 aromatic carbocycles. The molecule has 0 saturated carbocycles. The molecule has 8 nitrogen and oxygen atoms in total. The predicted molar refractivity (Wildman–Crippen MR) is 132 cm³/mol. The molecule has 2 heterocycles. The van der Waals surface area contributed by atoms with Crippen molar-refractivity contribution in [2.45, 2.75) is 26.8 Å². The van der Waals surface area contributed by atoms with E-state index in [0.29, 0.717) is 22.6 Å². The Balaban J connectivity index is 1.94. The molecule has 1 fully saturated rings. The number of aromatic nitrogens is 1. The molecule has 0 aliphatic carbocycles. The summed E-state index contributed by atoms with van der Waals surface area (Å²) in [4.78, 5) is 44.6. The monoisotopic (exact) mass is 510 g/mol. The van der Waals surface area contributed by atoms with Crippen LogP contribution in [0.15, 0.2) is 48.0 Å². The van der Waals surface area contributed by atoms with E-state index < -0.39 is 35.3 Å². The van der Waals surface area contributed by atoms with Gasteiger partial charge in [-0.2, -0.15) is 0 Å². The van der Waals surface area contributed by atoms with Crippen molar-refractivity contribution in [3.8, 4) is 5.75 Å². The first-order chi connectivity index (χ1) is 17.2. The van der Waals surface area contributed by atoms with Crippen LogP contribution >= 0.6 is 11.3 Å². The molecule has 1 aliphatic rings. The van der Waals surface area contributed by atoms with Crippen LogP contribution < -0.4 is 9.64 Å². The minimum absolute atomic E-state index is 0.0477. The topological polar surface area (TPSA) is 106 Å². The number of aliphatic hydroxyl groups is 1. The number of ether oxygens (including phenoxy) is 2. The van der Waals surface area contributed by atoms with Crippen LogP contribution in [0.3, 0.4) is 0 Å². The minimum atomic E-state index is -1.11. The standard InChI is InChI=1S/C26H23FN2O6S/c1-5-35-25(33)23-14(3)28-26(36-23)29-20(15-7-6-8-17(11-15)34-4)19(22(31)24(29)32)21(30)16-10-9-13(2)18(27)12-16/h6-12,20,30H,5H2,1-4H3. The molecule has 1 aliphatic heterocycles. The van der Waals surface area contributed by atoms with E-state index in [1.165, 1.54) is 19.2 Å². The van der Waals surface area contributed by atoms with Gasteiger partial charge in [-0.3, -0.25) is 14.5 Å². The zero-order valence-corrected chi connectivity index (χ0v) is 20.8. The summed E-state index contributed by atoms with van der Waals surface area (Å²) in [6.45, 7) is 5.00. The molecule has 3 aromatic rings. The fourth-order valence-electron chi connectivity index (χ4n) is 3.92. The van der Waals surface area contributed by atoms with Crippen LogP contribution in [-0.2, 0) is 14.3 Å². The van der Waals surface area contributed by atoms with Crippen LogP contribution in [0, 0.1) is 19.7 Å². The number of Topliss-reactive ketones (excluding diaryl/α,β-unsaturated/α-hetero) is 1. The highest BCUT2D eigenvalue weighted by molar-refractivity contribution is 7.17. The number of ketones is 1. The molecule has 1 saturated heterocycles. The second-order valence-electron chi connectivity index (χ2n) is 8.04. The van der Waals surface area contributed by atoms with E-state index in [-0.39, 0.29) is 27.8 Å². The molecule has 1 aromatic heterocycles. The van der Waals surface area contributed by atoms with Gasteiger partial charge in [-0.1, -0.05) is 35.6 Å². The van der Waals surface area contributed by atoms with E-state index in [9.17, 15) is 23.9 Å². The van der Waals surface area contributed by atoms with Crippen molar-refractivity contribution in [1.82, 2.24) is 4.98 Å². The lowest BCUT2D eigenvalue weighted by Crippen LogP contribution is -2.29. The van der Waals surface area contributed by atoms with Gasteiger partial charge < -0.3 is 14.6 Å². The maximum atomic E-state index is 14.3. The van der Waals surface area contributed by atoms with Crippen molar-refractivity contribution in [3.63, 3.8) is 0 Å². The zero-order chi connectivity index (χ0) is 26.1. The van der Waals surface area contributed by atoms with Crippen molar-refractivity contribution in [1.29, 1.82) is 0 Å². The maximum absolute atomic E-state index is 14.3. The molecular weight excluding hydrogens is 487 g/mol. The normalized spacial score (nSPS) is 16.9. The van der Waals surface area contributed by atoms with Gasteiger partial charge >= 0.3 is 11.9 Å². The summed E-state index contributed by atoms with van der Waals surface area (Å²) in [6, 6.07) is 9.60. The minimum Gasteiger partial charge on any atom is -0.507 e. The Hall–Kier alpha value is -4.05. The Morgan fingerprint density at radius 1 is 1.19 bits per heavy atom. The number of aryl methyl sites for hydroxylation is 2. The highest BCUT2D eigenvalue weighted by Gasteiger charge is 2.48. The van der Waals surface area contributed by atoms with Gasteiger partial charge in [0.2, 0.25) is 0 Å². The second-order valence-corrected chi connectivity index (χ2v) is 9.02. The average molecular weight is 511 g/mol. The molecule has 0 bridgehead atoms. The first-order valence-electron chi connectivity index (χ1n) is 11.0. The molecule has 1 N–H and O–H groups in total. The first-order valence-corrected chi connectivity index (χ1v) is 11.9. The smallest absolute Gasteiger partial charge is 0.350 e. The van der Waals surface area contributed by atoms with Gasteiger partial charge in [0.1, 0.15) is 22.2 Å². The van der Waals surface area contributed by atoms with Gasteiger partial charge in [-0.05, 0) is 50.1 Å². The van der Waals surface area contributed by atoms with Crippen LogP contribution in [0.25, 0.3) is 5.76 Å². The summed E-state index contributed by atoms with van der Waals surface area (Å²) in [5, 5.41) is 11.2. The summed E-state index contributed by atoms with van der Waals surface area (Å²) in [7, 11) is 1.47. The third-order valence-corrected chi connectivity index (χ3v) is 6.89. The van der Waals surface area contributed by atoms with Crippen LogP contribution in [0.5, 0.6) is 5.75 Å². The third-order valence-electron chi connectivity index (χ3n) is 5.75. The molecule has 1 amide bonds. The Morgan fingerprint density at radius 2 is 1.94 bits per heavy atom. The number of carbonyl (C=O) groups is 3. The van der Waals surface area contributed by atoms with Crippen molar-refractivity contribution < 1.29 is 33.4 Å². The number of hydrogen-bond donors (Lipinski definition) is 1. The number of thiazole rings is 1. The number of nitrogens with zero attached hydrogens (tertiary/aromatic N) is 2. The average Bonchev–Trinajstić information content (AvgIpc) is 3.37. The van der Waals surface area contributed by atoms with Crippen molar-refractivity contribution in [2.24, 2.45) is 0 Å². The third kappa shape index (κ3) is 4.35. The number of aliphatic hydroxyl groups excluding tert-OH is 1. The molecule has 1 unspecified atom stereocenters. The highest BCUT2D eigenvalue weighted by Crippen LogP contribution is 2.44. The number of methoxy groups -OCH3 is 1. The van der Waals surface area contributed by atoms with E-state index in [0.717, 1.165) is 22.3 Å². The van der Waals surface area contributed by atoms with E-state index in [1.54, 1.807) is 45.0 Å². The molecule has 36 heavy (non-hydrogen) atoms. The van der Waals surface area contributed by atoms with Gasteiger partial charge in [0, 0.05) is 5.56 Å². The summed E-state index contributed by atoms with van der Waals surface area (Å²) in [6.07, 6.45) is 0. The quantitative estimate of drug-likeness (QED) is 0.222. The molecule has 10 heteroatoms. The van der Waals surface area contributed by atoms with Crippen molar-refractivity contribution in [2.75, 3.05) is 18.6 Å². The van der Waals surface area contributed by atoms with Gasteiger partial charge in [0.15, 0.2) is 5.13 Å². The Kier molecular flexibility index (Phi) is 6.89. The highest BCUT2D eigenvalue weighted by atomic mass is 32.1. The van der Waals surface area contributed by atoms with Crippen LogP contribution in [0.2, 0.25) is 0 Å². The summed E-state index contributed by atoms with van der Waals surface area (Å²) < 4.78 is 24.7. The fraction of sp³-hybridized carbons (Fsp3) is 0.231. The Labute approximate surface area is 210 Å². The maximum Gasteiger partial charge on any atom is 0.350 e. The Morgan fingerprint density at radius 3 is 2.61 bits per heavy atom. The van der Waals surface area contributed by atoms with Crippen LogP contribution in [0.4, 0.5) is 9.52 Å². The fourth-order valence-corrected chi connectivity index (χ4v) is 4.91. The molecule has 0 radical (unpaired) electrons. The summed E-state index contributed by atoms with van der Waals surface area (Å²) >= 11 is 0.905. The van der Waals surface area contributed by atoms with E-state index >= 15 is 0 Å². The van der Waals surface area contributed by atoms with Crippen LogP contribution in [-0.4, -0.2) is 41.5 Å². The first kappa shape index (κ1) is 25.1. The summed E-state index contributed by atoms with van der Waals surface area (Å²) in [5.41, 5.74) is 0.961. The van der Waals surface area contributed by atoms with Gasteiger partial charge in [0.25, 0.3) is 5.78 Å².